The van der Waals surface area contributed by atoms with E-state index in [9.17, 15) is 27.2 Å². The average molecular weight is 723 g/mol. The van der Waals surface area contributed by atoms with E-state index in [1.54, 1.807) is 31.4 Å². The van der Waals surface area contributed by atoms with Crippen LogP contribution in [0.5, 0.6) is 11.6 Å². The summed E-state index contributed by atoms with van der Waals surface area (Å²) in [5.74, 6) is -0.750. The molecule has 2 saturated carbocycles. The van der Waals surface area contributed by atoms with Gasteiger partial charge in [0.05, 0.1) is 29.8 Å². The van der Waals surface area contributed by atoms with E-state index in [2.05, 4.69) is 15.4 Å². The first-order chi connectivity index (χ1) is 24.5. The van der Waals surface area contributed by atoms with Crippen molar-refractivity contribution >= 4 is 38.8 Å². The summed E-state index contributed by atoms with van der Waals surface area (Å²) in [4.78, 5) is 52.3. The van der Waals surface area contributed by atoms with Crippen molar-refractivity contribution in [1.29, 1.82) is 0 Å². The molecular formula is C36H43FN6O7S. The second-order valence-corrected chi connectivity index (χ2v) is 16.1. The van der Waals surface area contributed by atoms with Gasteiger partial charge in [-0.05, 0) is 81.3 Å². The first kappa shape index (κ1) is 34.9. The van der Waals surface area contributed by atoms with Crippen LogP contribution >= 0.6 is 0 Å². The van der Waals surface area contributed by atoms with Gasteiger partial charge in [-0.1, -0.05) is 25.7 Å². The number of carbonyl (C=O) groups excluding carboxylic acids is 3. The maximum absolute atomic E-state index is 14.1. The molecule has 51 heavy (non-hydrogen) atoms. The summed E-state index contributed by atoms with van der Waals surface area (Å²) in [5.41, 5.74) is 0.504. The van der Waals surface area contributed by atoms with Gasteiger partial charge in [0.25, 0.3) is 5.91 Å². The van der Waals surface area contributed by atoms with E-state index < -0.39 is 56.6 Å². The number of benzene rings is 2. The minimum Gasteiger partial charge on any atom is -0.496 e. The molecule has 1 aromatic heterocycles. The molecule has 0 unspecified atom stereocenters. The largest absolute Gasteiger partial charge is 0.496 e. The van der Waals surface area contributed by atoms with E-state index >= 15 is 0 Å². The highest BCUT2D eigenvalue weighted by atomic mass is 32.2. The Labute approximate surface area is 296 Å². The van der Waals surface area contributed by atoms with Crippen LogP contribution in [0.25, 0.3) is 22.3 Å². The number of rotatable bonds is 7. The quantitative estimate of drug-likeness (QED) is 0.325. The van der Waals surface area contributed by atoms with Crippen LogP contribution in [0.3, 0.4) is 0 Å². The molecular weight excluding hydrogens is 679 g/mol. The molecule has 4 fully saturated rings. The molecule has 3 aromatic rings. The van der Waals surface area contributed by atoms with Gasteiger partial charge >= 0.3 is 6.03 Å². The number of methoxy groups -OCH3 is 1. The normalized spacial score (nSPS) is 25.8. The topological polar surface area (TPSA) is 169 Å². The number of amides is 4. The lowest BCUT2D eigenvalue weighted by Crippen LogP contribution is -2.57. The fraction of sp³-hybridized carbons (Fsp3) is 0.528. The minimum absolute atomic E-state index is 0.0507. The highest BCUT2D eigenvalue weighted by molar-refractivity contribution is 7.91. The van der Waals surface area contributed by atoms with Gasteiger partial charge in [-0.3, -0.25) is 14.3 Å². The lowest BCUT2D eigenvalue weighted by Gasteiger charge is -2.26. The number of hydrogen-bond acceptors (Lipinski definition) is 9. The fourth-order valence-corrected chi connectivity index (χ4v) is 8.70. The minimum atomic E-state index is -3.84. The van der Waals surface area contributed by atoms with Gasteiger partial charge < -0.3 is 25.0 Å². The molecule has 2 aliphatic heterocycles. The van der Waals surface area contributed by atoms with Crippen LogP contribution in [0, 0.1) is 18.7 Å². The molecule has 3 heterocycles. The Morgan fingerprint density at radius 3 is 2.51 bits per heavy atom. The number of carbonyl (C=O) groups is 3. The van der Waals surface area contributed by atoms with E-state index in [0.29, 0.717) is 60.3 Å². The van der Waals surface area contributed by atoms with Crippen LogP contribution in [0.15, 0.2) is 36.4 Å². The van der Waals surface area contributed by atoms with Crippen molar-refractivity contribution in [3.8, 4) is 23.0 Å². The molecule has 272 valence electrons. The van der Waals surface area contributed by atoms with E-state index in [4.69, 9.17) is 19.4 Å². The zero-order valence-corrected chi connectivity index (χ0v) is 29.6. The number of urea groups is 1. The van der Waals surface area contributed by atoms with Crippen molar-refractivity contribution in [3.05, 3.63) is 47.8 Å². The van der Waals surface area contributed by atoms with Gasteiger partial charge in [-0.15, -0.1) is 0 Å². The second kappa shape index (κ2) is 13.9. The van der Waals surface area contributed by atoms with Crippen LogP contribution in [0.1, 0.15) is 69.8 Å². The maximum Gasteiger partial charge on any atom is 0.318 e. The lowest BCUT2D eigenvalue weighted by atomic mass is 10.0. The van der Waals surface area contributed by atoms with Crippen LogP contribution in [0.4, 0.5) is 9.18 Å². The molecule has 0 spiro atoms. The molecule has 4 aliphatic rings. The molecule has 0 radical (unpaired) electrons. The summed E-state index contributed by atoms with van der Waals surface area (Å²) in [6.45, 7) is 2.36. The van der Waals surface area contributed by atoms with Crippen LogP contribution in [-0.4, -0.2) is 84.3 Å². The van der Waals surface area contributed by atoms with Crippen molar-refractivity contribution in [2.24, 2.45) is 5.92 Å². The highest BCUT2D eigenvalue weighted by Crippen LogP contribution is 2.48. The number of sulfonamides is 1. The third-order valence-corrected chi connectivity index (χ3v) is 12.3. The molecule has 13 nitrogen and oxygen atoms in total. The number of aryl methyl sites for hydroxylation is 1. The number of ether oxygens (including phenoxy) is 2. The van der Waals surface area contributed by atoms with E-state index in [1.807, 2.05) is 6.92 Å². The van der Waals surface area contributed by atoms with Crippen LogP contribution in [0.2, 0.25) is 0 Å². The summed E-state index contributed by atoms with van der Waals surface area (Å²) >= 11 is 0. The second-order valence-electron chi connectivity index (χ2n) is 14.1. The van der Waals surface area contributed by atoms with Crippen molar-refractivity contribution in [1.82, 2.24) is 30.2 Å². The zero-order valence-electron chi connectivity index (χ0n) is 28.7. The number of fused-ring (bicyclic) bond motifs is 3. The molecule has 2 saturated heterocycles. The lowest BCUT2D eigenvalue weighted by molar-refractivity contribution is -0.131. The molecule has 7 rings (SSSR count). The maximum atomic E-state index is 14.1. The monoisotopic (exact) mass is 722 g/mol. The van der Waals surface area contributed by atoms with Gasteiger partial charge in [0.1, 0.15) is 29.3 Å². The van der Waals surface area contributed by atoms with Crippen LogP contribution < -0.4 is 24.8 Å². The Morgan fingerprint density at radius 1 is 1.02 bits per heavy atom. The third kappa shape index (κ3) is 7.17. The highest BCUT2D eigenvalue weighted by Gasteiger charge is 2.62. The Morgan fingerprint density at radius 2 is 1.76 bits per heavy atom. The van der Waals surface area contributed by atoms with Crippen molar-refractivity contribution in [2.75, 3.05) is 20.2 Å². The van der Waals surface area contributed by atoms with Gasteiger partial charge in [0.2, 0.25) is 21.8 Å². The molecule has 2 aromatic carbocycles. The Balaban J connectivity index is 1.19. The average Bonchev–Trinajstić information content (AvgIpc) is 4.03. The number of nitrogens with zero attached hydrogens (tertiary/aromatic N) is 3. The smallest absolute Gasteiger partial charge is 0.318 e. The van der Waals surface area contributed by atoms with Gasteiger partial charge in [0.15, 0.2) is 5.82 Å². The van der Waals surface area contributed by atoms with E-state index in [-0.39, 0.29) is 24.8 Å². The molecule has 4 amide bonds. The Bertz CT molecular complexity index is 1960. The summed E-state index contributed by atoms with van der Waals surface area (Å²) < 4.78 is 53.6. The molecule has 3 N–H and O–H groups in total. The standard InChI is InChI=1S/C36H43FN6O7S/c1-21-29(49-2)16-15-27-30(21)39-31(22-9-11-24(37)12-10-22)40-33(27)50-25-18-28-32(44)41-36(34(45)42-51(47,48)26-13-14-26)19-23(36)8-6-4-3-5-7-17-38-35(46)43(28)20-25/h9-12,15-16,23,25-26,28H,3-8,13-14,17-20H2,1-2H3,(H,38,46)(H,41,44)(H,42,45)/t23-,25-,28+,36-/m1/s1. The number of hydrogen-bond donors (Lipinski definition) is 3. The van der Waals surface area contributed by atoms with Gasteiger partial charge in [-0.25, -0.2) is 22.6 Å². The summed E-state index contributed by atoms with van der Waals surface area (Å²) in [6.07, 6.45) is 5.87. The van der Waals surface area contributed by atoms with Crippen molar-refractivity contribution in [3.63, 3.8) is 0 Å². The fourth-order valence-electron chi connectivity index (χ4n) is 7.33. The van der Waals surface area contributed by atoms with Crippen molar-refractivity contribution < 1.29 is 36.7 Å². The first-order valence-corrected chi connectivity index (χ1v) is 19.2. The Kier molecular flexibility index (Phi) is 9.50. The molecule has 0 bridgehead atoms. The SMILES string of the molecule is COc1ccc2c(O[C@@H]3C[C@H]4C(=O)N[C@]5(C(=O)NS(=O)(=O)C6CC6)C[C@H]5CCCCCCCNC(=O)N4C3)nc(-c3ccc(F)cc3)nc2c1C. The predicted octanol–water partition coefficient (Wildman–Crippen LogP) is 4.12. The molecule has 4 atom stereocenters. The summed E-state index contributed by atoms with van der Waals surface area (Å²) in [7, 11) is -2.27. The molecule has 15 heteroatoms. The predicted molar refractivity (Wildman–Crippen MR) is 186 cm³/mol. The zero-order chi connectivity index (χ0) is 35.9. The molecule has 2 aliphatic carbocycles. The number of halogens is 1. The van der Waals surface area contributed by atoms with Gasteiger partial charge in [0, 0.05) is 24.1 Å². The Hall–Kier alpha value is -4.53. The summed E-state index contributed by atoms with van der Waals surface area (Å²) in [5, 5.41) is 5.85. The third-order valence-electron chi connectivity index (χ3n) is 10.5. The van der Waals surface area contributed by atoms with E-state index in [1.165, 1.54) is 17.0 Å². The first-order valence-electron chi connectivity index (χ1n) is 17.7. The van der Waals surface area contributed by atoms with Crippen LogP contribution in [-0.2, 0) is 19.6 Å². The number of aromatic nitrogens is 2. The van der Waals surface area contributed by atoms with E-state index in [0.717, 1.165) is 37.7 Å². The summed E-state index contributed by atoms with van der Waals surface area (Å²) in [6, 6.07) is 7.92. The van der Waals surface area contributed by atoms with Gasteiger partial charge in [-0.2, -0.15) is 4.98 Å². The number of nitrogens with one attached hydrogen (secondary N) is 3. The van der Waals surface area contributed by atoms with Crippen molar-refractivity contribution in [2.45, 2.75) is 94.1 Å².